The number of aliphatic imine (C=N–C) groups is 2. The lowest BCUT2D eigenvalue weighted by atomic mass is 10.1. The molecule has 0 radical (unpaired) electrons. The maximum Gasteiger partial charge on any atom is 0.130 e. The molecular weight excluding hydrogens is 216 g/mol. The molecule has 0 spiro atoms. The summed E-state index contributed by atoms with van der Waals surface area (Å²) in [6, 6.07) is 0.237. The molecule has 2 aliphatic heterocycles. The predicted molar refractivity (Wildman–Crippen MR) is 69.3 cm³/mol. The number of amidine groups is 1. The largest absolute Gasteiger partial charge is 0.389 e. The summed E-state index contributed by atoms with van der Waals surface area (Å²) in [5.41, 5.74) is 0.321. The second-order valence-electron chi connectivity index (χ2n) is 5.27. The van der Waals surface area contributed by atoms with Crippen molar-refractivity contribution in [1.82, 2.24) is 10.2 Å². The normalized spacial score (nSPS) is 23.5. The molecule has 94 valence electrons. The van der Waals surface area contributed by atoms with E-state index in [4.69, 9.17) is 0 Å². The first-order chi connectivity index (χ1) is 7.94. The van der Waals surface area contributed by atoms with Gasteiger partial charge >= 0.3 is 0 Å². The third-order valence-electron chi connectivity index (χ3n) is 2.69. The van der Waals surface area contributed by atoms with Crippen molar-refractivity contribution < 1.29 is 5.11 Å². The molecule has 2 aliphatic rings. The fourth-order valence-corrected chi connectivity index (χ4v) is 1.89. The minimum Gasteiger partial charge on any atom is -0.389 e. The molecule has 17 heavy (non-hydrogen) atoms. The second kappa shape index (κ2) is 4.58. The van der Waals surface area contributed by atoms with E-state index >= 15 is 0 Å². The fourth-order valence-electron chi connectivity index (χ4n) is 1.89. The molecular formula is C12H20N4O. The standard InChI is InChI=1S/C12H20N4O/c1-9-4-11-15-10(6-16(11)8-14-9)5-13-7-12(2,3)17/h4,8,10,13,17H,5-7H2,1-3H3. The lowest BCUT2D eigenvalue weighted by Crippen LogP contribution is -2.39. The quantitative estimate of drug-likeness (QED) is 0.741. The van der Waals surface area contributed by atoms with Crippen molar-refractivity contribution in [3.05, 3.63) is 11.8 Å². The van der Waals surface area contributed by atoms with Crippen molar-refractivity contribution in [2.75, 3.05) is 19.6 Å². The van der Waals surface area contributed by atoms with Crippen LogP contribution in [0.15, 0.2) is 21.8 Å². The van der Waals surface area contributed by atoms with Crippen LogP contribution in [0.3, 0.4) is 0 Å². The van der Waals surface area contributed by atoms with Gasteiger partial charge in [-0.15, -0.1) is 0 Å². The fraction of sp³-hybridized carbons (Fsp3) is 0.667. The minimum atomic E-state index is -0.670. The summed E-state index contributed by atoms with van der Waals surface area (Å²) in [6.45, 7) is 7.78. The van der Waals surface area contributed by atoms with Gasteiger partial charge in [-0.1, -0.05) is 0 Å². The van der Waals surface area contributed by atoms with Crippen LogP contribution in [0.5, 0.6) is 0 Å². The molecule has 1 unspecified atom stereocenters. The van der Waals surface area contributed by atoms with Crippen LogP contribution in [-0.4, -0.2) is 53.5 Å². The molecule has 2 heterocycles. The maximum absolute atomic E-state index is 9.59. The van der Waals surface area contributed by atoms with Crippen molar-refractivity contribution in [2.24, 2.45) is 9.98 Å². The molecule has 0 fully saturated rings. The van der Waals surface area contributed by atoms with Crippen LogP contribution in [0.1, 0.15) is 20.8 Å². The molecule has 0 saturated carbocycles. The van der Waals surface area contributed by atoms with Crippen molar-refractivity contribution >= 4 is 12.2 Å². The topological polar surface area (TPSA) is 60.2 Å². The van der Waals surface area contributed by atoms with Gasteiger partial charge in [-0.05, 0) is 20.8 Å². The zero-order valence-corrected chi connectivity index (χ0v) is 10.6. The molecule has 0 amide bonds. The summed E-state index contributed by atoms with van der Waals surface area (Å²) in [6.07, 6.45) is 3.83. The number of allylic oxidation sites excluding steroid dienone is 1. The van der Waals surface area contributed by atoms with Crippen molar-refractivity contribution in [1.29, 1.82) is 0 Å². The number of nitrogens with one attached hydrogen (secondary N) is 1. The summed E-state index contributed by atoms with van der Waals surface area (Å²) in [5, 5.41) is 12.8. The van der Waals surface area contributed by atoms with Crippen molar-refractivity contribution in [3.63, 3.8) is 0 Å². The van der Waals surface area contributed by atoms with Crippen LogP contribution in [0.2, 0.25) is 0 Å². The summed E-state index contributed by atoms with van der Waals surface area (Å²) in [5.74, 6) is 0.993. The Balaban J connectivity index is 1.84. The van der Waals surface area contributed by atoms with E-state index in [9.17, 15) is 5.11 Å². The molecule has 0 aromatic heterocycles. The molecule has 0 aromatic rings. The van der Waals surface area contributed by atoms with Crippen molar-refractivity contribution in [3.8, 4) is 0 Å². The summed E-state index contributed by atoms with van der Waals surface area (Å²) >= 11 is 0. The van der Waals surface area contributed by atoms with Gasteiger partial charge in [0.15, 0.2) is 0 Å². The van der Waals surface area contributed by atoms with Crippen LogP contribution < -0.4 is 5.32 Å². The first kappa shape index (κ1) is 12.3. The van der Waals surface area contributed by atoms with E-state index in [2.05, 4.69) is 20.2 Å². The maximum atomic E-state index is 9.59. The van der Waals surface area contributed by atoms with Crippen LogP contribution in [-0.2, 0) is 0 Å². The highest BCUT2D eigenvalue weighted by Crippen LogP contribution is 2.14. The summed E-state index contributed by atoms with van der Waals surface area (Å²) in [4.78, 5) is 10.9. The van der Waals surface area contributed by atoms with Crippen LogP contribution in [0, 0.1) is 0 Å². The van der Waals surface area contributed by atoms with Gasteiger partial charge in [-0.25, -0.2) is 4.99 Å². The molecule has 2 rings (SSSR count). The summed E-state index contributed by atoms with van der Waals surface area (Å²) in [7, 11) is 0. The van der Waals surface area contributed by atoms with E-state index in [1.54, 1.807) is 13.8 Å². The zero-order valence-electron chi connectivity index (χ0n) is 10.6. The Hall–Kier alpha value is -1.20. The van der Waals surface area contributed by atoms with Gasteiger partial charge in [-0.2, -0.15) is 0 Å². The molecule has 0 bridgehead atoms. The summed E-state index contributed by atoms with van der Waals surface area (Å²) < 4.78 is 0. The number of nitrogens with zero attached hydrogens (tertiary/aromatic N) is 3. The zero-order chi connectivity index (χ0) is 12.5. The number of fused-ring (bicyclic) bond motifs is 1. The van der Waals surface area contributed by atoms with Crippen LogP contribution in [0.4, 0.5) is 0 Å². The first-order valence-electron chi connectivity index (χ1n) is 5.94. The highest BCUT2D eigenvalue weighted by Gasteiger charge is 2.24. The van der Waals surface area contributed by atoms with Gasteiger partial charge in [0.1, 0.15) is 5.84 Å². The number of rotatable bonds is 4. The molecule has 2 N–H and O–H groups in total. The number of aliphatic hydroxyl groups is 1. The van der Waals surface area contributed by atoms with E-state index < -0.39 is 5.60 Å². The third kappa shape index (κ3) is 3.38. The Morgan fingerprint density at radius 2 is 2.35 bits per heavy atom. The van der Waals surface area contributed by atoms with Gasteiger partial charge in [0.05, 0.1) is 18.0 Å². The van der Waals surface area contributed by atoms with E-state index in [1.807, 2.05) is 19.3 Å². The predicted octanol–water partition coefficient (Wildman–Crippen LogP) is 0.375. The van der Waals surface area contributed by atoms with Gasteiger partial charge in [0, 0.05) is 31.4 Å². The highest BCUT2D eigenvalue weighted by atomic mass is 16.3. The third-order valence-corrected chi connectivity index (χ3v) is 2.69. The van der Waals surface area contributed by atoms with E-state index in [-0.39, 0.29) is 6.04 Å². The Labute approximate surface area is 102 Å². The Bertz CT molecular complexity index is 378. The van der Waals surface area contributed by atoms with Crippen LogP contribution in [0.25, 0.3) is 0 Å². The molecule has 0 saturated heterocycles. The molecule has 5 heteroatoms. The highest BCUT2D eigenvalue weighted by molar-refractivity contribution is 6.03. The van der Waals surface area contributed by atoms with E-state index in [1.165, 1.54) is 0 Å². The van der Waals surface area contributed by atoms with Gasteiger partial charge in [-0.3, -0.25) is 4.99 Å². The smallest absolute Gasteiger partial charge is 0.130 e. The average molecular weight is 236 g/mol. The van der Waals surface area contributed by atoms with Gasteiger partial charge < -0.3 is 15.3 Å². The minimum absolute atomic E-state index is 0.237. The lowest BCUT2D eigenvalue weighted by molar-refractivity contribution is 0.0796. The Kier molecular flexibility index (Phi) is 3.31. The monoisotopic (exact) mass is 236 g/mol. The molecule has 0 aromatic carbocycles. The van der Waals surface area contributed by atoms with E-state index in [0.717, 1.165) is 24.6 Å². The molecule has 1 atom stereocenters. The molecule has 0 aliphatic carbocycles. The molecule has 5 nitrogen and oxygen atoms in total. The number of hydrogen-bond acceptors (Lipinski definition) is 5. The Morgan fingerprint density at radius 3 is 3.06 bits per heavy atom. The Morgan fingerprint density at radius 1 is 1.59 bits per heavy atom. The number of hydrogen-bond donors (Lipinski definition) is 2. The van der Waals surface area contributed by atoms with E-state index in [0.29, 0.717) is 6.54 Å². The van der Waals surface area contributed by atoms with Gasteiger partial charge in [0.2, 0.25) is 0 Å². The van der Waals surface area contributed by atoms with Crippen LogP contribution >= 0.6 is 0 Å². The first-order valence-corrected chi connectivity index (χ1v) is 5.94. The van der Waals surface area contributed by atoms with Gasteiger partial charge in [0.25, 0.3) is 0 Å². The van der Waals surface area contributed by atoms with Crippen molar-refractivity contribution in [2.45, 2.75) is 32.4 Å². The average Bonchev–Trinajstić information content (AvgIpc) is 2.57. The lowest BCUT2D eigenvalue weighted by Gasteiger charge is -2.19. The SMILES string of the molecule is CC1=CC2=NC(CNCC(C)(C)O)CN2C=N1. The second-order valence-corrected chi connectivity index (χ2v) is 5.27.